The molecule has 7 nitrogen and oxygen atoms in total. The van der Waals surface area contributed by atoms with E-state index in [0.717, 1.165) is 12.0 Å². The van der Waals surface area contributed by atoms with Crippen LogP contribution in [0.4, 0.5) is 0 Å². The second kappa shape index (κ2) is 6.65. The van der Waals surface area contributed by atoms with Crippen LogP contribution in [0.25, 0.3) is 0 Å². The van der Waals surface area contributed by atoms with Crippen molar-refractivity contribution >= 4 is 11.9 Å². The van der Waals surface area contributed by atoms with E-state index in [4.69, 9.17) is 5.11 Å². The zero-order valence-electron chi connectivity index (χ0n) is 11.6. The Hall–Kier alpha value is -2.70. The Labute approximate surface area is 121 Å². The molecule has 1 aromatic heterocycles. The number of amides is 1. The van der Waals surface area contributed by atoms with Crippen molar-refractivity contribution in [2.45, 2.75) is 26.4 Å². The van der Waals surface area contributed by atoms with Crippen LogP contribution in [-0.2, 0) is 24.3 Å². The molecule has 0 spiro atoms. The quantitative estimate of drug-likeness (QED) is 0.821. The third-order valence-corrected chi connectivity index (χ3v) is 2.96. The van der Waals surface area contributed by atoms with Gasteiger partial charge in [0.1, 0.15) is 12.2 Å². The SMILES string of the molecule is CCc1ccccc1C(=O)NCc1cn(CC(=O)O)nn1. The summed E-state index contributed by atoms with van der Waals surface area (Å²) in [5.41, 5.74) is 2.13. The number of rotatable bonds is 6. The van der Waals surface area contributed by atoms with Gasteiger partial charge in [-0.05, 0) is 18.1 Å². The summed E-state index contributed by atoms with van der Waals surface area (Å²) in [5.74, 6) is -1.17. The predicted molar refractivity (Wildman–Crippen MR) is 74.6 cm³/mol. The molecule has 0 bridgehead atoms. The average molecular weight is 288 g/mol. The van der Waals surface area contributed by atoms with Gasteiger partial charge in [0, 0.05) is 5.56 Å². The molecule has 7 heteroatoms. The van der Waals surface area contributed by atoms with Crippen LogP contribution in [0.2, 0.25) is 0 Å². The van der Waals surface area contributed by atoms with Gasteiger partial charge in [-0.15, -0.1) is 5.10 Å². The number of carbonyl (C=O) groups is 2. The molecule has 2 aromatic rings. The third kappa shape index (κ3) is 3.88. The largest absolute Gasteiger partial charge is 0.480 e. The normalized spacial score (nSPS) is 10.3. The fourth-order valence-electron chi connectivity index (χ4n) is 1.95. The minimum Gasteiger partial charge on any atom is -0.480 e. The molecule has 1 amide bonds. The lowest BCUT2D eigenvalue weighted by molar-refractivity contribution is -0.137. The van der Waals surface area contributed by atoms with E-state index in [-0.39, 0.29) is 19.0 Å². The number of carboxylic acid groups (broad SMARTS) is 1. The molecule has 0 aliphatic carbocycles. The topological polar surface area (TPSA) is 97.1 Å². The maximum absolute atomic E-state index is 12.1. The molecule has 0 aliphatic rings. The van der Waals surface area contributed by atoms with E-state index in [9.17, 15) is 9.59 Å². The van der Waals surface area contributed by atoms with Gasteiger partial charge in [0.2, 0.25) is 0 Å². The molecular formula is C14H16N4O3. The van der Waals surface area contributed by atoms with Crippen molar-refractivity contribution in [1.82, 2.24) is 20.3 Å². The van der Waals surface area contributed by atoms with Gasteiger partial charge >= 0.3 is 5.97 Å². The summed E-state index contributed by atoms with van der Waals surface area (Å²) < 4.78 is 1.21. The molecule has 2 rings (SSSR count). The van der Waals surface area contributed by atoms with Gasteiger partial charge in [-0.2, -0.15) is 0 Å². The lowest BCUT2D eigenvalue weighted by atomic mass is 10.0. The van der Waals surface area contributed by atoms with E-state index in [0.29, 0.717) is 11.3 Å². The van der Waals surface area contributed by atoms with E-state index in [1.807, 2.05) is 25.1 Å². The molecule has 21 heavy (non-hydrogen) atoms. The highest BCUT2D eigenvalue weighted by atomic mass is 16.4. The summed E-state index contributed by atoms with van der Waals surface area (Å²) in [6.45, 7) is 1.94. The monoisotopic (exact) mass is 288 g/mol. The minimum atomic E-state index is -0.993. The third-order valence-electron chi connectivity index (χ3n) is 2.96. The Morgan fingerprint density at radius 1 is 1.33 bits per heavy atom. The summed E-state index contributed by atoms with van der Waals surface area (Å²) in [7, 11) is 0. The zero-order chi connectivity index (χ0) is 15.2. The van der Waals surface area contributed by atoms with Crippen LogP contribution in [0.5, 0.6) is 0 Å². The number of carboxylic acids is 1. The molecule has 1 aromatic carbocycles. The molecule has 1 heterocycles. The van der Waals surface area contributed by atoms with Gasteiger partial charge in [0.05, 0.1) is 12.7 Å². The van der Waals surface area contributed by atoms with Crippen LogP contribution >= 0.6 is 0 Å². The molecule has 0 unspecified atom stereocenters. The lowest BCUT2D eigenvalue weighted by Gasteiger charge is -2.07. The zero-order valence-corrected chi connectivity index (χ0v) is 11.6. The Bertz CT molecular complexity index is 651. The Kier molecular flexibility index (Phi) is 4.65. The molecule has 0 saturated heterocycles. The average Bonchev–Trinajstić information content (AvgIpc) is 2.91. The molecule has 0 aliphatic heterocycles. The number of nitrogens with zero attached hydrogens (tertiary/aromatic N) is 3. The molecule has 110 valence electrons. The van der Waals surface area contributed by atoms with E-state index in [1.165, 1.54) is 10.9 Å². The predicted octanol–water partition coefficient (Wildman–Crippen LogP) is 0.855. The van der Waals surface area contributed by atoms with Crippen LogP contribution in [-0.4, -0.2) is 32.0 Å². The number of benzene rings is 1. The highest BCUT2D eigenvalue weighted by molar-refractivity contribution is 5.95. The van der Waals surface area contributed by atoms with E-state index >= 15 is 0 Å². The van der Waals surface area contributed by atoms with Crippen molar-refractivity contribution < 1.29 is 14.7 Å². The standard InChI is InChI=1S/C14H16N4O3/c1-2-10-5-3-4-6-12(10)14(21)15-7-11-8-18(17-16-11)9-13(19)20/h3-6,8H,2,7,9H2,1H3,(H,15,21)(H,19,20). The lowest BCUT2D eigenvalue weighted by Crippen LogP contribution is -2.24. The maximum atomic E-state index is 12.1. The van der Waals surface area contributed by atoms with Gasteiger partial charge in [0.15, 0.2) is 0 Å². The molecule has 0 radical (unpaired) electrons. The van der Waals surface area contributed by atoms with Gasteiger partial charge in [0.25, 0.3) is 5.91 Å². The number of carbonyl (C=O) groups excluding carboxylic acids is 1. The van der Waals surface area contributed by atoms with Crippen LogP contribution in [0.3, 0.4) is 0 Å². The fourth-order valence-corrected chi connectivity index (χ4v) is 1.95. The number of hydrogen-bond donors (Lipinski definition) is 2. The molecule has 0 saturated carbocycles. The molecular weight excluding hydrogens is 272 g/mol. The van der Waals surface area contributed by atoms with Gasteiger partial charge in [-0.3, -0.25) is 9.59 Å². The second-order valence-electron chi connectivity index (χ2n) is 4.49. The first-order valence-corrected chi connectivity index (χ1v) is 6.57. The Morgan fingerprint density at radius 2 is 2.10 bits per heavy atom. The number of hydrogen-bond acceptors (Lipinski definition) is 4. The minimum absolute atomic E-state index is 0.180. The smallest absolute Gasteiger partial charge is 0.325 e. The highest BCUT2D eigenvalue weighted by Gasteiger charge is 2.10. The summed E-state index contributed by atoms with van der Waals surface area (Å²) in [5, 5.41) is 18.9. The Morgan fingerprint density at radius 3 is 2.81 bits per heavy atom. The summed E-state index contributed by atoms with van der Waals surface area (Å²) in [6, 6.07) is 7.40. The van der Waals surface area contributed by atoms with Gasteiger partial charge < -0.3 is 10.4 Å². The van der Waals surface area contributed by atoms with Gasteiger partial charge in [-0.1, -0.05) is 30.3 Å². The number of aliphatic carboxylic acids is 1. The summed E-state index contributed by atoms with van der Waals surface area (Å²) in [4.78, 5) is 22.7. The number of aryl methyl sites for hydroxylation is 1. The van der Waals surface area contributed by atoms with E-state index in [2.05, 4.69) is 15.6 Å². The van der Waals surface area contributed by atoms with Crippen molar-refractivity contribution in [3.63, 3.8) is 0 Å². The molecule has 0 fully saturated rings. The van der Waals surface area contributed by atoms with Crippen molar-refractivity contribution in [3.05, 3.63) is 47.3 Å². The van der Waals surface area contributed by atoms with Crippen LogP contribution in [0.15, 0.2) is 30.5 Å². The van der Waals surface area contributed by atoms with E-state index < -0.39 is 5.97 Å². The van der Waals surface area contributed by atoms with Crippen molar-refractivity contribution in [1.29, 1.82) is 0 Å². The van der Waals surface area contributed by atoms with E-state index in [1.54, 1.807) is 6.07 Å². The fraction of sp³-hybridized carbons (Fsp3) is 0.286. The molecule has 2 N–H and O–H groups in total. The number of nitrogens with one attached hydrogen (secondary N) is 1. The summed E-state index contributed by atoms with van der Waals surface area (Å²) >= 11 is 0. The van der Waals surface area contributed by atoms with Crippen molar-refractivity contribution in [2.75, 3.05) is 0 Å². The number of aromatic nitrogens is 3. The van der Waals surface area contributed by atoms with Crippen molar-refractivity contribution in [3.8, 4) is 0 Å². The van der Waals surface area contributed by atoms with Crippen LogP contribution < -0.4 is 5.32 Å². The van der Waals surface area contributed by atoms with Crippen LogP contribution in [0.1, 0.15) is 28.5 Å². The summed E-state index contributed by atoms with van der Waals surface area (Å²) in [6.07, 6.45) is 2.28. The second-order valence-corrected chi connectivity index (χ2v) is 4.49. The first-order valence-electron chi connectivity index (χ1n) is 6.57. The van der Waals surface area contributed by atoms with Crippen LogP contribution in [0, 0.1) is 0 Å². The first-order chi connectivity index (χ1) is 10.1. The van der Waals surface area contributed by atoms with Gasteiger partial charge in [-0.25, -0.2) is 4.68 Å². The molecule has 0 atom stereocenters. The highest BCUT2D eigenvalue weighted by Crippen LogP contribution is 2.09. The Balaban J connectivity index is 1.97. The maximum Gasteiger partial charge on any atom is 0.325 e. The van der Waals surface area contributed by atoms with Crippen molar-refractivity contribution in [2.24, 2.45) is 0 Å². The first kappa shape index (κ1) is 14.7.